The number of carbonyl (C=O) groups excluding carboxylic acids is 1. The number of aliphatic carboxylic acids is 1. The van der Waals surface area contributed by atoms with Crippen molar-refractivity contribution in [2.45, 2.75) is 33.9 Å². The molecule has 2 amide bonds. The summed E-state index contributed by atoms with van der Waals surface area (Å²) in [5, 5.41) is 18.8. The third kappa shape index (κ3) is 5.68. The van der Waals surface area contributed by atoms with Crippen LogP contribution in [-0.2, 0) is 17.9 Å². The zero-order valence-corrected chi connectivity index (χ0v) is 12.3. The van der Waals surface area contributed by atoms with E-state index >= 15 is 0 Å². The average Bonchev–Trinajstić information content (AvgIpc) is 2.70. The number of aromatic nitrogens is 3. The molecule has 1 aromatic rings. The lowest BCUT2D eigenvalue weighted by Gasteiger charge is -2.26. The molecule has 8 heteroatoms. The molecule has 112 valence electrons. The van der Waals surface area contributed by atoms with E-state index in [2.05, 4.69) is 15.6 Å². The number of nitrogens with one attached hydrogen (secondary N) is 1. The second-order valence-electron chi connectivity index (χ2n) is 5.88. The zero-order valence-electron chi connectivity index (χ0n) is 12.3. The molecule has 0 radical (unpaired) electrons. The Hall–Kier alpha value is -2.12. The molecule has 0 fully saturated rings. The largest absolute Gasteiger partial charge is 0.480 e. The van der Waals surface area contributed by atoms with Gasteiger partial charge in [-0.25, -0.2) is 9.48 Å². The predicted octanol–water partition coefficient (Wildman–Crippen LogP) is 0.550. The van der Waals surface area contributed by atoms with Crippen molar-refractivity contribution >= 4 is 12.0 Å². The lowest BCUT2D eigenvalue weighted by atomic mass is 9.96. The highest BCUT2D eigenvalue weighted by Gasteiger charge is 2.17. The Balaban J connectivity index is 2.44. The van der Waals surface area contributed by atoms with Crippen LogP contribution in [0.15, 0.2) is 6.20 Å². The Morgan fingerprint density at radius 1 is 1.45 bits per heavy atom. The number of nitrogens with zero attached hydrogens (tertiary/aromatic N) is 4. The van der Waals surface area contributed by atoms with E-state index in [9.17, 15) is 9.59 Å². The van der Waals surface area contributed by atoms with Crippen molar-refractivity contribution in [2.24, 2.45) is 5.41 Å². The number of amides is 2. The van der Waals surface area contributed by atoms with Crippen molar-refractivity contribution in [1.82, 2.24) is 25.2 Å². The number of carbonyl (C=O) groups is 2. The molecule has 2 N–H and O–H groups in total. The summed E-state index contributed by atoms with van der Waals surface area (Å²) in [5.74, 6) is -0.990. The van der Waals surface area contributed by atoms with E-state index in [1.54, 1.807) is 11.9 Å². The maximum atomic E-state index is 11.8. The van der Waals surface area contributed by atoms with E-state index in [4.69, 9.17) is 5.11 Å². The monoisotopic (exact) mass is 283 g/mol. The Bertz CT molecular complexity index is 478. The molecule has 8 nitrogen and oxygen atoms in total. The summed E-state index contributed by atoms with van der Waals surface area (Å²) in [6.45, 7) is 6.75. The minimum Gasteiger partial charge on any atom is -0.480 e. The van der Waals surface area contributed by atoms with Crippen molar-refractivity contribution in [3.8, 4) is 0 Å². The maximum absolute atomic E-state index is 11.8. The average molecular weight is 283 g/mol. The number of rotatable bonds is 5. The fraction of sp³-hybridized carbons (Fsp3) is 0.667. The number of carboxylic acid groups (broad SMARTS) is 1. The summed E-state index contributed by atoms with van der Waals surface area (Å²) < 4.78 is 1.21. The zero-order chi connectivity index (χ0) is 15.3. The highest BCUT2D eigenvalue weighted by atomic mass is 16.4. The molecule has 0 aliphatic heterocycles. The van der Waals surface area contributed by atoms with Crippen molar-refractivity contribution < 1.29 is 14.7 Å². The number of carboxylic acids is 1. The van der Waals surface area contributed by atoms with Crippen LogP contribution in [0.5, 0.6) is 0 Å². The van der Waals surface area contributed by atoms with Crippen molar-refractivity contribution in [3.05, 3.63) is 11.9 Å². The standard InChI is InChI=1S/C12H21N5O3/c1-12(2,3)8-16(4)11(20)13-5-9-6-17(15-14-9)7-10(18)19/h6H,5,7-8H2,1-4H3,(H,13,20)(H,18,19). The first-order chi connectivity index (χ1) is 9.17. The molecule has 0 saturated heterocycles. The summed E-state index contributed by atoms with van der Waals surface area (Å²) >= 11 is 0. The number of hydrogen-bond donors (Lipinski definition) is 2. The fourth-order valence-corrected chi connectivity index (χ4v) is 1.72. The molecule has 0 spiro atoms. The van der Waals surface area contributed by atoms with Crippen LogP contribution in [0.4, 0.5) is 4.79 Å². The van der Waals surface area contributed by atoms with Crippen LogP contribution in [-0.4, -0.2) is 50.6 Å². The van der Waals surface area contributed by atoms with Crippen molar-refractivity contribution in [1.29, 1.82) is 0 Å². The van der Waals surface area contributed by atoms with Gasteiger partial charge in [0.15, 0.2) is 0 Å². The highest BCUT2D eigenvalue weighted by molar-refractivity contribution is 5.73. The van der Waals surface area contributed by atoms with Crippen LogP contribution >= 0.6 is 0 Å². The minimum absolute atomic E-state index is 0.0245. The minimum atomic E-state index is -0.990. The molecule has 1 rings (SSSR count). The smallest absolute Gasteiger partial charge is 0.325 e. The van der Waals surface area contributed by atoms with Crippen LogP contribution < -0.4 is 5.32 Å². The van der Waals surface area contributed by atoms with Gasteiger partial charge in [-0.15, -0.1) is 5.10 Å². The van der Waals surface area contributed by atoms with Gasteiger partial charge in [0.25, 0.3) is 0 Å². The Kier molecular flexibility index (Phi) is 5.06. The SMILES string of the molecule is CN(CC(C)(C)C)C(=O)NCc1cn(CC(=O)O)nn1. The second kappa shape index (κ2) is 6.36. The Labute approximate surface area is 117 Å². The molecule has 0 aliphatic rings. The van der Waals surface area contributed by atoms with E-state index in [1.807, 2.05) is 20.8 Å². The summed E-state index contributed by atoms with van der Waals surface area (Å²) in [5.41, 5.74) is 0.542. The van der Waals surface area contributed by atoms with E-state index in [-0.39, 0.29) is 24.5 Å². The lowest BCUT2D eigenvalue weighted by molar-refractivity contribution is -0.137. The highest BCUT2D eigenvalue weighted by Crippen LogP contribution is 2.13. The Morgan fingerprint density at radius 2 is 2.10 bits per heavy atom. The van der Waals surface area contributed by atoms with Crippen LogP contribution in [0.3, 0.4) is 0 Å². The van der Waals surface area contributed by atoms with Gasteiger partial charge < -0.3 is 15.3 Å². The van der Waals surface area contributed by atoms with Crippen molar-refractivity contribution in [2.75, 3.05) is 13.6 Å². The fourth-order valence-electron chi connectivity index (χ4n) is 1.72. The molecule has 0 bridgehead atoms. The number of hydrogen-bond acceptors (Lipinski definition) is 4. The van der Waals surface area contributed by atoms with Gasteiger partial charge in [0.05, 0.1) is 12.7 Å². The third-order valence-corrected chi connectivity index (χ3v) is 2.36. The first-order valence-electron chi connectivity index (χ1n) is 6.27. The van der Waals surface area contributed by atoms with Gasteiger partial charge in [-0.1, -0.05) is 26.0 Å². The van der Waals surface area contributed by atoms with Crippen LogP contribution in [0, 0.1) is 5.41 Å². The molecular formula is C12H21N5O3. The Morgan fingerprint density at radius 3 is 2.65 bits per heavy atom. The first kappa shape index (κ1) is 15.9. The second-order valence-corrected chi connectivity index (χ2v) is 5.88. The summed E-state index contributed by atoms with van der Waals surface area (Å²) in [6.07, 6.45) is 1.50. The normalized spacial score (nSPS) is 11.2. The molecule has 0 atom stereocenters. The quantitative estimate of drug-likeness (QED) is 0.822. The number of urea groups is 1. The van der Waals surface area contributed by atoms with E-state index in [1.165, 1.54) is 10.9 Å². The van der Waals surface area contributed by atoms with Gasteiger partial charge in [0.2, 0.25) is 0 Å². The van der Waals surface area contributed by atoms with Crippen molar-refractivity contribution in [3.63, 3.8) is 0 Å². The predicted molar refractivity (Wildman–Crippen MR) is 72.0 cm³/mol. The molecule has 20 heavy (non-hydrogen) atoms. The van der Waals surface area contributed by atoms with E-state index in [0.717, 1.165) is 0 Å². The van der Waals surface area contributed by atoms with Gasteiger partial charge in [-0.3, -0.25) is 4.79 Å². The van der Waals surface area contributed by atoms with Gasteiger partial charge in [0.1, 0.15) is 12.2 Å². The maximum Gasteiger partial charge on any atom is 0.325 e. The molecule has 0 aromatic carbocycles. The van der Waals surface area contributed by atoms with Gasteiger partial charge in [-0.2, -0.15) is 0 Å². The van der Waals surface area contributed by atoms with Gasteiger partial charge >= 0.3 is 12.0 Å². The van der Waals surface area contributed by atoms with Crippen LogP contribution in [0.2, 0.25) is 0 Å². The molecule has 0 saturated carbocycles. The van der Waals surface area contributed by atoms with Crippen LogP contribution in [0.25, 0.3) is 0 Å². The third-order valence-electron chi connectivity index (χ3n) is 2.36. The molecule has 1 aromatic heterocycles. The molecular weight excluding hydrogens is 262 g/mol. The van der Waals surface area contributed by atoms with Gasteiger partial charge in [-0.05, 0) is 5.41 Å². The molecule has 0 unspecified atom stereocenters. The molecule has 1 heterocycles. The van der Waals surface area contributed by atoms with E-state index in [0.29, 0.717) is 12.2 Å². The topological polar surface area (TPSA) is 100 Å². The van der Waals surface area contributed by atoms with Crippen LogP contribution in [0.1, 0.15) is 26.5 Å². The van der Waals surface area contributed by atoms with E-state index < -0.39 is 5.97 Å². The first-order valence-corrected chi connectivity index (χ1v) is 6.27. The summed E-state index contributed by atoms with van der Waals surface area (Å²) in [6, 6.07) is -0.201. The summed E-state index contributed by atoms with van der Waals surface area (Å²) in [4.78, 5) is 23.9. The summed E-state index contributed by atoms with van der Waals surface area (Å²) in [7, 11) is 1.72. The molecule has 0 aliphatic carbocycles. The van der Waals surface area contributed by atoms with Gasteiger partial charge in [0, 0.05) is 13.6 Å². The lowest BCUT2D eigenvalue weighted by Crippen LogP contribution is -2.41.